The summed E-state index contributed by atoms with van der Waals surface area (Å²) >= 11 is 1.39. The van der Waals surface area contributed by atoms with Crippen molar-refractivity contribution in [3.63, 3.8) is 0 Å². The fourth-order valence-corrected chi connectivity index (χ4v) is 2.61. The van der Waals surface area contributed by atoms with E-state index in [0.29, 0.717) is 17.9 Å². The lowest BCUT2D eigenvalue weighted by Gasteiger charge is -2.11. The number of esters is 1. The minimum Gasteiger partial charge on any atom is -0.462 e. The third-order valence-corrected chi connectivity index (χ3v) is 4.02. The Bertz CT molecular complexity index is 659. The van der Waals surface area contributed by atoms with Gasteiger partial charge in [-0.05, 0) is 50.2 Å². The summed E-state index contributed by atoms with van der Waals surface area (Å²) in [5, 5.41) is 3.34. The maximum Gasteiger partial charge on any atom is 0.338 e. The van der Waals surface area contributed by atoms with Gasteiger partial charge in [-0.25, -0.2) is 9.78 Å². The summed E-state index contributed by atoms with van der Waals surface area (Å²) in [4.78, 5) is 27.9. The van der Waals surface area contributed by atoms with E-state index < -0.39 is 0 Å². The lowest BCUT2D eigenvalue weighted by Crippen LogP contribution is -2.22. The van der Waals surface area contributed by atoms with Crippen LogP contribution in [0.25, 0.3) is 0 Å². The van der Waals surface area contributed by atoms with Crippen molar-refractivity contribution in [1.29, 1.82) is 0 Å². The van der Waals surface area contributed by atoms with Crippen LogP contribution in [0.5, 0.6) is 0 Å². The van der Waals surface area contributed by atoms with E-state index in [2.05, 4.69) is 10.3 Å². The Morgan fingerprint density at radius 2 is 1.96 bits per heavy atom. The molecule has 0 saturated carbocycles. The SMILES string of the molecule is CCOC(=O)c1ccc(NC(=O)C(C)Sc2ccccn2)cc1. The van der Waals surface area contributed by atoms with Crippen molar-refractivity contribution in [2.75, 3.05) is 11.9 Å². The van der Waals surface area contributed by atoms with E-state index in [1.165, 1.54) is 11.8 Å². The number of hydrogen-bond acceptors (Lipinski definition) is 5. The maximum absolute atomic E-state index is 12.2. The molecule has 23 heavy (non-hydrogen) atoms. The fraction of sp³-hybridized carbons (Fsp3) is 0.235. The zero-order valence-corrected chi connectivity index (χ0v) is 13.8. The molecule has 0 spiro atoms. The molecule has 1 aromatic carbocycles. The second-order valence-corrected chi connectivity index (χ2v) is 6.08. The second-order valence-electron chi connectivity index (χ2n) is 4.72. The van der Waals surface area contributed by atoms with Crippen LogP contribution >= 0.6 is 11.8 Å². The molecule has 0 fully saturated rings. The summed E-state index contributed by atoms with van der Waals surface area (Å²) < 4.78 is 4.92. The smallest absolute Gasteiger partial charge is 0.338 e. The van der Waals surface area contributed by atoms with E-state index >= 15 is 0 Å². The van der Waals surface area contributed by atoms with Crippen molar-refractivity contribution >= 4 is 29.3 Å². The summed E-state index contributed by atoms with van der Waals surface area (Å²) in [6.45, 7) is 3.91. The van der Waals surface area contributed by atoms with Gasteiger partial charge in [-0.3, -0.25) is 4.79 Å². The predicted molar refractivity (Wildman–Crippen MR) is 90.6 cm³/mol. The van der Waals surface area contributed by atoms with E-state index in [1.54, 1.807) is 37.4 Å². The van der Waals surface area contributed by atoms with Gasteiger partial charge in [-0.2, -0.15) is 0 Å². The highest BCUT2D eigenvalue weighted by Gasteiger charge is 2.15. The van der Waals surface area contributed by atoms with E-state index in [-0.39, 0.29) is 17.1 Å². The number of benzene rings is 1. The molecule has 0 bridgehead atoms. The van der Waals surface area contributed by atoms with Gasteiger partial charge < -0.3 is 10.1 Å². The number of carbonyl (C=O) groups excluding carboxylic acids is 2. The summed E-state index contributed by atoms with van der Waals surface area (Å²) in [6.07, 6.45) is 1.70. The molecular weight excluding hydrogens is 312 g/mol. The summed E-state index contributed by atoms with van der Waals surface area (Å²) in [6, 6.07) is 12.2. The first-order valence-electron chi connectivity index (χ1n) is 7.26. The van der Waals surface area contributed by atoms with Gasteiger partial charge in [0.1, 0.15) is 0 Å². The highest BCUT2D eigenvalue weighted by molar-refractivity contribution is 8.00. The Morgan fingerprint density at radius 1 is 1.22 bits per heavy atom. The molecule has 0 aliphatic heterocycles. The molecule has 0 saturated heterocycles. The molecule has 2 rings (SSSR count). The van der Waals surface area contributed by atoms with Crippen molar-refractivity contribution < 1.29 is 14.3 Å². The number of ether oxygens (including phenoxy) is 1. The number of rotatable bonds is 6. The number of aromatic nitrogens is 1. The minimum atomic E-state index is -0.371. The molecule has 1 amide bonds. The number of carbonyl (C=O) groups is 2. The summed E-state index contributed by atoms with van der Waals surface area (Å²) in [5.74, 6) is -0.492. The van der Waals surface area contributed by atoms with Gasteiger partial charge in [0, 0.05) is 11.9 Å². The van der Waals surface area contributed by atoms with Gasteiger partial charge >= 0.3 is 5.97 Å². The van der Waals surface area contributed by atoms with Crippen LogP contribution in [0.4, 0.5) is 5.69 Å². The zero-order valence-electron chi connectivity index (χ0n) is 13.0. The van der Waals surface area contributed by atoms with Crippen LogP contribution in [0, 0.1) is 0 Å². The van der Waals surface area contributed by atoms with E-state index in [4.69, 9.17) is 4.74 Å². The van der Waals surface area contributed by atoms with Gasteiger partial charge in [-0.1, -0.05) is 17.8 Å². The van der Waals surface area contributed by atoms with Crippen molar-refractivity contribution in [1.82, 2.24) is 4.98 Å². The molecule has 1 aromatic heterocycles. The van der Waals surface area contributed by atoms with Crippen LogP contribution in [-0.4, -0.2) is 28.7 Å². The topological polar surface area (TPSA) is 68.3 Å². The van der Waals surface area contributed by atoms with Crippen LogP contribution in [0.1, 0.15) is 24.2 Å². The first-order chi connectivity index (χ1) is 11.1. The van der Waals surface area contributed by atoms with Crippen LogP contribution < -0.4 is 5.32 Å². The first-order valence-corrected chi connectivity index (χ1v) is 8.14. The van der Waals surface area contributed by atoms with Crippen molar-refractivity contribution in [2.45, 2.75) is 24.1 Å². The quantitative estimate of drug-likeness (QED) is 0.649. The van der Waals surface area contributed by atoms with E-state index in [0.717, 1.165) is 5.03 Å². The third kappa shape index (κ3) is 5.10. The lowest BCUT2D eigenvalue weighted by molar-refractivity contribution is -0.115. The van der Waals surface area contributed by atoms with Gasteiger partial charge in [0.25, 0.3) is 0 Å². The molecule has 6 heteroatoms. The number of anilines is 1. The minimum absolute atomic E-state index is 0.121. The van der Waals surface area contributed by atoms with E-state index in [9.17, 15) is 9.59 Å². The Hall–Kier alpha value is -2.34. The van der Waals surface area contributed by atoms with Crippen molar-refractivity contribution in [2.24, 2.45) is 0 Å². The normalized spacial score (nSPS) is 11.6. The Morgan fingerprint density at radius 3 is 2.57 bits per heavy atom. The molecular formula is C17H18N2O3S. The molecule has 0 aliphatic carbocycles. The highest BCUT2D eigenvalue weighted by Crippen LogP contribution is 2.22. The molecule has 1 N–H and O–H groups in total. The summed E-state index contributed by atoms with van der Waals surface area (Å²) in [5.41, 5.74) is 1.09. The molecule has 120 valence electrons. The number of hydrogen-bond donors (Lipinski definition) is 1. The fourth-order valence-electron chi connectivity index (χ4n) is 1.80. The van der Waals surface area contributed by atoms with Crippen molar-refractivity contribution in [3.05, 3.63) is 54.2 Å². The van der Waals surface area contributed by atoms with Gasteiger partial charge in [0.15, 0.2) is 0 Å². The largest absolute Gasteiger partial charge is 0.462 e. The number of nitrogens with zero attached hydrogens (tertiary/aromatic N) is 1. The van der Waals surface area contributed by atoms with Crippen LogP contribution in [0.15, 0.2) is 53.7 Å². The highest BCUT2D eigenvalue weighted by atomic mass is 32.2. The Kier molecular flexibility index (Phi) is 6.17. The van der Waals surface area contributed by atoms with Gasteiger partial charge in [0.05, 0.1) is 22.4 Å². The van der Waals surface area contributed by atoms with Crippen molar-refractivity contribution in [3.8, 4) is 0 Å². The summed E-state index contributed by atoms with van der Waals surface area (Å²) in [7, 11) is 0. The molecule has 0 radical (unpaired) electrons. The third-order valence-electron chi connectivity index (χ3n) is 2.97. The van der Waals surface area contributed by atoms with Gasteiger partial charge in [0.2, 0.25) is 5.91 Å². The van der Waals surface area contributed by atoms with Crippen LogP contribution in [0.3, 0.4) is 0 Å². The Balaban J connectivity index is 1.93. The Labute approximate surface area is 139 Å². The molecule has 1 heterocycles. The molecule has 1 atom stereocenters. The standard InChI is InChI=1S/C17H18N2O3S/c1-3-22-17(21)13-7-9-14(10-8-13)19-16(20)12(2)23-15-6-4-5-11-18-15/h4-12H,3H2,1-2H3,(H,19,20). The molecule has 0 aliphatic rings. The maximum atomic E-state index is 12.2. The van der Waals surface area contributed by atoms with Crippen LogP contribution in [-0.2, 0) is 9.53 Å². The average molecular weight is 330 g/mol. The monoisotopic (exact) mass is 330 g/mol. The number of amides is 1. The second kappa shape index (κ2) is 8.33. The lowest BCUT2D eigenvalue weighted by atomic mass is 10.2. The molecule has 5 nitrogen and oxygen atoms in total. The van der Waals surface area contributed by atoms with Crippen LogP contribution in [0.2, 0.25) is 0 Å². The average Bonchev–Trinajstić information content (AvgIpc) is 2.56. The molecule has 1 unspecified atom stereocenters. The first kappa shape index (κ1) is 17.0. The number of thioether (sulfide) groups is 1. The number of nitrogens with one attached hydrogen (secondary N) is 1. The number of pyridine rings is 1. The van der Waals surface area contributed by atoms with Gasteiger partial charge in [-0.15, -0.1) is 0 Å². The van der Waals surface area contributed by atoms with E-state index in [1.807, 2.05) is 25.1 Å². The molecule has 2 aromatic rings. The predicted octanol–water partition coefficient (Wildman–Crippen LogP) is 3.38. The zero-order chi connectivity index (χ0) is 16.7.